The van der Waals surface area contributed by atoms with E-state index in [2.05, 4.69) is 23.2 Å². The summed E-state index contributed by atoms with van der Waals surface area (Å²) in [6, 6.07) is 16.1. The van der Waals surface area contributed by atoms with E-state index in [-0.39, 0.29) is 0 Å². The van der Waals surface area contributed by atoms with E-state index in [1.165, 1.54) is 0 Å². The minimum absolute atomic E-state index is 0.407. The summed E-state index contributed by atoms with van der Waals surface area (Å²) in [5.74, 6) is 0.540. The van der Waals surface area contributed by atoms with Crippen molar-refractivity contribution in [3.05, 3.63) is 54.1 Å². The SMILES string of the molecule is CC1(c2cccc(-c3cccc(N)c3)c2)COCC(N)=N1. The van der Waals surface area contributed by atoms with Crippen LogP contribution in [0.4, 0.5) is 5.69 Å². The summed E-state index contributed by atoms with van der Waals surface area (Å²) in [6.07, 6.45) is 0. The largest absolute Gasteiger partial charge is 0.399 e. The molecule has 21 heavy (non-hydrogen) atoms. The average molecular weight is 281 g/mol. The van der Waals surface area contributed by atoms with Crippen LogP contribution in [0, 0.1) is 0 Å². The smallest absolute Gasteiger partial charge is 0.121 e. The highest BCUT2D eigenvalue weighted by molar-refractivity contribution is 5.82. The van der Waals surface area contributed by atoms with Crippen molar-refractivity contribution < 1.29 is 4.74 Å². The molecule has 1 heterocycles. The highest BCUT2D eigenvalue weighted by Gasteiger charge is 2.30. The number of ether oxygens (including phenoxy) is 1. The fraction of sp³-hybridized carbons (Fsp3) is 0.235. The second-order valence-electron chi connectivity index (χ2n) is 5.58. The number of nitrogens with zero attached hydrogens (tertiary/aromatic N) is 1. The molecule has 1 aliphatic heterocycles. The van der Waals surface area contributed by atoms with Gasteiger partial charge >= 0.3 is 0 Å². The third-order valence-corrected chi connectivity index (χ3v) is 3.73. The molecule has 1 aliphatic rings. The summed E-state index contributed by atoms with van der Waals surface area (Å²) < 4.78 is 5.54. The van der Waals surface area contributed by atoms with E-state index in [4.69, 9.17) is 16.2 Å². The van der Waals surface area contributed by atoms with E-state index in [0.29, 0.717) is 19.0 Å². The van der Waals surface area contributed by atoms with Crippen LogP contribution in [0.2, 0.25) is 0 Å². The monoisotopic (exact) mass is 281 g/mol. The Bertz CT molecular complexity index is 696. The van der Waals surface area contributed by atoms with Gasteiger partial charge in [0.1, 0.15) is 18.0 Å². The van der Waals surface area contributed by atoms with E-state index in [0.717, 1.165) is 22.4 Å². The molecule has 0 aromatic heterocycles. The Morgan fingerprint density at radius 1 is 1.05 bits per heavy atom. The van der Waals surface area contributed by atoms with Crippen LogP contribution in [-0.4, -0.2) is 19.0 Å². The highest BCUT2D eigenvalue weighted by atomic mass is 16.5. The van der Waals surface area contributed by atoms with Gasteiger partial charge < -0.3 is 16.2 Å². The van der Waals surface area contributed by atoms with Gasteiger partial charge in [0, 0.05) is 5.69 Å². The summed E-state index contributed by atoms with van der Waals surface area (Å²) in [4.78, 5) is 4.58. The van der Waals surface area contributed by atoms with Gasteiger partial charge in [-0.1, -0.05) is 30.3 Å². The van der Waals surface area contributed by atoms with E-state index < -0.39 is 5.54 Å². The van der Waals surface area contributed by atoms with Crippen LogP contribution in [0.5, 0.6) is 0 Å². The fourth-order valence-corrected chi connectivity index (χ4v) is 2.64. The van der Waals surface area contributed by atoms with Crippen molar-refractivity contribution in [1.29, 1.82) is 0 Å². The van der Waals surface area contributed by atoms with Crippen LogP contribution in [0.1, 0.15) is 12.5 Å². The minimum atomic E-state index is -0.432. The van der Waals surface area contributed by atoms with Crippen LogP contribution in [0.25, 0.3) is 11.1 Å². The Balaban J connectivity index is 2.03. The molecule has 1 unspecified atom stereocenters. The van der Waals surface area contributed by atoms with Crippen molar-refractivity contribution in [2.75, 3.05) is 18.9 Å². The molecule has 4 nitrogen and oxygen atoms in total. The van der Waals surface area contributed by atoms with Gasteiger partial charge in [-0.3, -0.25) is 4.99 Å². The molecule has 0 fully saturated rings. The number of hydrogen-bond donors (Lipinski definition) is 2. The molecule has 0 amide bonds. The van der Waals surface area contributed by atoms with Gasteiger partial charge in [0.15, 0.2) is 0 Å². The molecule has 108 valence electrons. The van der Waals surface area contributed by atoms with Gasteiger partial charge in [-0.2, -0.15) is 0 Å². The first-order valence-corrected chi connectivity index (χ1v) is 6.95. The van der Waals surface area contributed by atoms with E-state index in [1.54, 1.807) is 0 Å². The molecule has 3 rings (SSSR count). The summed E-state index contributed by atoms with van der Waals surface area (Å²) in [7, 11) is 0. The standard InChI is InChI=1S/C17H19N3O/c1-17(11-21-10-16(19)20-17)14-6-2-4-12(8-14)13-5-3-7-15(18)9-13/h2-9H,10-11,18H2,1H3,(H2,19,20). The van der Waals surface area contributed by atoms with E-state index in [1.807, 2.05) is 37.3 Å². The lowest BCUT2D eigenvalue weighted by molar-refractivity contribution is 0.106. The molecule has 2 aromatic rings. The van der Waals surface area contributed by atoms with Crippen molar-refractivity contribution in [1.82, 2.24) is 0 Å². The maximum absolute atomic E-state index is 5.86. The Labute approximate surface area is 124 Å². The molecule has 0 saturated carbocycles. The van der Waals surface area contributed by atoms with Crippen molar-refractivity contribution in [3.63, 3.8) is 0 Å². The topological polar surface area (TPSA) is 73.6 Å². The Morgan fingerprint density at radius 2 is 1.76 bits per heavy atom. The summed E-state index contributed by atoms with van der Waals surface area (Å²) in [5, 5.41) is 0. The number of benzene rings is 2. The van der Waals surface area contributed by atoms with Gasteiger partial charge in [-0.05, 0) is 41.8 Å². The summed E-state index contributed by atoms with van der Waals surface area (Å²) in [6.45, 7) is 2.98. The van der Waals surface area contributed by atoms with E-state index >= 15 is 0 Å². The van der Waals surface area contributed by atoms with Gasteiger partial charge in [0.05, 0.1) is 6.61 Å². The quantitative estimate of drug-likeness (QED) is 0.831. The van der Waals surface area contributed by atoms with Crippen LogP contribution >= 0.6 is 0 Å². The molecule has 4 heteroatoms. The van der Waals surface area contributed by atoms with Crippen molar-refractivity contribution >= 4 is 11.5 Å². The lowest BCUT2D eigenvalue weighted by Crippen LogP contribution is -2.37. The lowest BCUT2D eigenvalue weighted by Gasteiger charge is -2.30. The first-order chi connectivity index (χ1) is 10.1. The third kappa shape index (κ3) is 2.76. The molecular weight excluding hydrogens is 262 g/mol. The molecule has 0 saturated heterocycles. The van der Waals surface area contributed by atoms with E-state index in [9.17, 15) is 0 Å². The zero-order chi connectivity index (χ0) is 14.9. The van der Waals surface area contributed by atoms with Crippen LogP contribution < -0.4 is 11.5 Å². The number of amidine groups is 1. The molecule has 0 aliphatic carbocycles. The number of rotatable bonds is 2. The predicted octanol–water partition coefficient (Wildman–Crippen LogP) is 2.54. The summed E-state index contributed by atoms with van der Waals surface area (Å²) >= 11 is 0. The highest BCUT2D eigenvalue weighted by Crippen LogP contribution is 2.31. The minimum Gasteiger partial charge on any atom is -0.399 e. The van der Waals surface area contributed by atoms with Gasteiger partial charge in [0.2, 0.25) is 0 Å². The Morgan fingerprint density at radius 3 is 2.48 bits per heavy atom. The van der Waals surface area contributed by atoms with Crippen molar-refractivity contribution in [2.24, 2.45) is 10.7 Å². The van der Waals surface area contributed by atoms with Crippen LogP contribution in [-0.2, 0) is 10.3 Å². The lowest BCUT2D eigenvalue weighted by atomic mass is 9.90. The molecule has 4 N–H and O–H groups in total. The zero-order valence-corrected chi connectivity index (χ0v) is 12.0. The maximum atomic E-state index is 5.86. The first-order valence-electron chi connectivity index (χ1n) is 6.95. The number of aliphatic imine (C=N–C) groups is 1. The van der Waals surface area contributed by atoms with Crippen LogP contribution in [0.3, 0.4) is 0 Å². The molecule has 1 atom stereocenters. The Hall–Kier alpha value is -2.33. The second kappa shape index (κ2) is 5.22. The molecule has 0 bridgehead atoms. The van der Waals surface area contributed by atoms with Gasteiger partial charge in [-0.25, -0.2) is 0 Å². The average Bonchev–Trinajstić information content (AvgIpc) is 2.47. The predicted molar refractivity (Wildman–Crippen MR) is 86.1 cm³/mol. The number of nitrogens with two attached hydrogens (primary N) is 2. The van der Waals surface area contributed by atoms with Gasteiger partial charge in [0.25, 0.3) is 0 Å². The maximum Gasteiger partial charge on any atom is 0.121 e. The molecule has 0 radical (unpaired) electrons. The number of nitrogen functional groups attached to an aromatic ring is 1. The van der Waals surface area contributed by atoms with Gasteiger partial charge in [-0.15, -0.1) is 0 Å². The normalized spacial score (nSPS) is 21.9. The zero-order valence-electron chi connectivity index (χ0n) is 12.0. The van der Waals surface area contributed by atoms with Crippen molar-refractivity contribution in [2.45, 2.75) is 12.5 Å². The second-order valence-corrected chi connectivity index (χ2v) is 5.58. The summed E-state index contributed by atoms with van der Waals surface area (Å²) in [5.41, 5.74) is 15.3. The third-order valence-electron chi connectivity index (χ3n) is 3.73. The number of hydrogen-bond acceptors (Lipinski definition) is 4. The van der Waals surface area contributed by atoms with Crippen LogP contribution in [0.15, 0.2) is 53.5 Å². The first kappa shape index (κ1) is 13.6. The van der Waals surface area contributed by atoms with Crippen molar-refractivity contribution in [3.8, 4) is 11.1 Å². The molecule has 0 spiro atoms. The number of anilines is 1. The Kier molecular flexibility index (Phi) is 3.39. The molecular formula is C17H19N3O. The fourth-order valence-electron chi connectivity index (χ4n) is 2.64. The molecule has 2 aromatic carbocycles.